The molecule has 4 rings (SSSR count). The molecule has 0 amide bonds. The third-order valence-corrected chi connectivity index (χ3v) is 6.48. The van der Waals surface area contributed by atoms with Crippen LogP contribution in [0.5, 0.6) is 0 Å². The molecule has 0 unspecified atom stereocenters. The van der Waals surface area contributed by atoms with Crippen LogP contribution in [0.4, 0.5) is 0 Å². The SMILES string of the molecule is C=C/C=C(\C=C/C)n1c2ccccc2c2cc(-c3ccc(C)c(C(/C=C\CC)=C(C)C)c3)ccc21. The van der Waals surface area contributed by atoms with Gasteiger partial charge in [-0.1, -0.05) is 79.8 Å². The Morgan fingerprint density at radius 3 is 2.31 bits per heavy atom. The van der Waals surface area contributed by atoms with Gasteiger partial charge in [0.05, 0.1) is 11.0 Å². The zero-order valence-corrected chi connectivity index (χ0v) is 21.6. The van der Waals surface area contributed by atoms with Gasteiger partial charge in [0.1, 0.15) is 0 Å². The van der Waals surface area contributed by atoms with E-state index in [0.29, 0.717) is 0 Å². The molecule has 0 aliphatic carbocycles. The Morgan fingerprint density at radius 2 is 1.60 bits per heavy atom. The van der Waals surface area contributed by atoms with E-state index in [2.05, 4.69) is 130 Å². The fourth-order valence-electron chi connectivity index (χ4n) is 4.78. The highest BCUT2D eigenvalue weighted by atomic mass is 15.0. The number of aromatic nitrogens is 1. The Labute approximate surface area is 210 Å². The number of rotatable bonds is 7. The van der Waals surface area contributed by atoms with E-state index in [0.717, 1.165) is 12.1 Å². The van der Waals surface area contributed by atoms with Gasteiger partial charge in [-0.2, -0.15) is 0 Å². The molecule has 1 aromatic heterocycles. The number of fused-ring (bicyclic) bond motifs is 3. The molecule has 0 N–H and O–H groups in total. The molecular weight excluding hydrogens is 422 g/mol. The first-order valence-corrected chi connectivity index (χ1v) is 12.4. The molecule has 1 nitrogen and oxygen atoms in total. The summed E-state index contributed by atoms with van der Waals surface area (Å²) in [5.74, 6) is 0. The van der Waals surface area contributed by atoms with Gasteiger partial charge < -0.3 is 4.57 Å². The quantitative estimate of drug-likeness (QED) is 0.243. The Balaban J connectivity index is 1.95. The molecular formula is C34H35N. The summed E-state index contributed by atoms with van der Waals surface area (Å²) in [4.78, 5) is 0. The van der Waals surface area contributed by atoms with Crippen molar-refractivity contribution in [3.8, 4) is 11.1 Å². The number of benzene rings is 3. The van der Waals surface area contributed by atoms with Crippen LogP contribution in [-0.4, -0.2) is 4.57 Å². The smallest absolute Gasteiger partial charge is 0.0541 e. The van der Waals surface area contributed by atoms with Crippen molar-refractivity contribution in [2.75, 3.05) is 0 Å². The molecule has 0 spiro atoms. The average Bonchev–Trinajstić information content (AvgIpc) is 3.18. The normalized spacial score (nSPS) is 12.3. The van der Waals surface area contributed by atoms with Gasteiger partial charge in [0, 0.05) is 16.5 Å². The van der Waals surface area contributed by atoms with Crippen LogP contribution in [0.15, 0.2) is 109 Å². The van der Waals surface area contributed by atoms with Crippen LogP contribution in [0.25, 0.3) is 44.2 Å². The number of aryl methyl sites for hydroxylation is 1. The highest BCUT2D eigenvalue weighted by molar-refractivity contribution is 6.11. The number of nitrogens with zero attached hydrogens (tertiary/aromatic N) is 1. The predicted molar refractivity (Wildman–Crippen MR) is 157 cm³/mol. The lowest BCUT2D eigenvalue weighted by molar-refractivity contribution is 1.22. The van der Waals surface area contributed by atoms with Gasteiger partial charge in [0.25, 0.3) is 0 Å². The zero-order chi connectivity index (χ0) is 24.9. The minimum Gasteiger partial charge on any atom is -0.309 e. The van der Waals surface area contributed by atoms with E-state index in [1.54, 1.807) is 0 Å². The monoisotopic (exact) mass is 457 g/mol. The lowest BCUT2D eigenvalue weighted by Gasteiger charge is -2.13. The molecule has 0 saturated carbocycles. The fraction of sp³-hybridized carbons (Fsp3) is 0.176. The van der Waals surface area contributed by atoms with Gasteiger partial charge in [0.2, 0.25) is 0 Å². The molecule has 176 valence electrons. The largest absolute Gasteiger partial charge is 0.309 e. The third-order valence-electron chi connectivity index (χ3n) is 6.48. The molecule has 0 fully saturated rings. The van der Waals surface area contributed by atoms with Crippen molar-refractivity contribution >= 4 is 33.1 Å². The van der Waals surface area contributed by atoms with Crippen molar-refractivity contribution in [3.63, 3.8) is 0 Å². The minimum absolute atomic E-state index is 1.03. The average molecular weight is 458 g/mol. The van der Waals surface area contributed by atoms with E-state index in [1.807, 2.05) is 13.0 Å². The molecule has 1 heteroatoms. The molecule has 1 heterocycles. The van der Waals surface area contributed by atoms with Gasteiger partial charge in [-0.3, -0.25) is 0 Å². The molecule has 0 radical (unpaired) electrons. The second-order valence-corrected chi connectivity index (χ2v) is 9.17. The summed E-state index contributed by atoms with van der Waals surface area (Å²) in [6, 6.07) is 22.3. The maximum Gasteiger partial charge on any atom is 0.0541 e. The van der Waals surface area contributed by atoms with E-state index < -0.39 is 0 Å². The number of allylic oxidation sites excluding steroid dienone is 9. The predicted octanol–water partition coefficient (Wildman–Crippen LogP) is 10.1. The second kappa shape index (κ2) is 10.6. The van der Waals surface area contributed by atoms with Crippen LogP contribution in [0.2, 0.25) is 0 Å². The Morgan fingerprint density at radius 1 is 0.886 bits per heavy atom. The van der Waals surface area contributed by atoms with Crippen LogP contribution in [0.3, 0.4) is 0 Å². The summed E-state index contributed by atoms with van der Waals surface area (Å²) in [7, 11) is 0. The summed E-state index contributed by atoms with van der Waals surface area (Å²) in [6.45, 7) is 14.8. The van der Waals surface area contributed by atoms with E-state index in [4.69, 9.17) is 0 Å². The Hall–Kier alpha value is -3.84. The minimum atomic E-state index is 1.03. The first-order valence-electron chi connectivity index (χ1n) is 12.4. The lowest BCUT2D eigenvalue weighted by atomic mass is 9.92. The Kier molecular flexibility index (Phi) is 7.36. The number of hydrogen-bond donors (Lipinski definition) is 0. The van der Waals surface area contributed by atoms with Gasteiger partial charge in [-0.05, 0) is 98.4 Å². The van der Waals surface area contributed by atoms with Crippen LogP contribution < -0.4 is 0 Å². The van der Waals surface area contributed by atoms with Crippen molar-refractivity contribution in [2.24, 2.45) is 0 Å². The summed E-state index contributed by atoms with van der Waals surface area (Å²) >= 11 is 0. The van der Waals surface area contributed by atoms with E-state index in [1.165, 1.54) is 55.2 Å². The lowest BCUT2D eigenvalue weighted by Crippen LogP contribution is -1.94. The van der Waals surface area contributed by atoms with Crippen LogP contribution in [0, 0.1) is 6.92 Å². The van der Waals surface area contributed by atoms with Crippen LogP contribution in [-0.2, 0) is 0 Å². The maximum atomic E-state index is 3.93. The van der Waals surface area contributed by atoms with Crippen molar-refractivity contribution in [2.45, 2.75) is 41.0 Å². The Bertz CT molecular complexity index is 1510. The summed E-state index contributed by atoms with van der Waals surface area (Å²) in [5, 5.41) is 2.51. The van der Waals surface area contributed by atoms with Gasteiger partial charge in [0.15, 0.2) is 0 Å². The van der Waals surface area contributed by atoms with E-state index >= 15 is 0 Å². The molecule has 3 aromatic carbocycles. The molecule has 0 bridgehead atoms. The number of hydrogen-bond acceptors (Lipinski definition) is 0. The highest BCUT2D eigenvalue weighted by Gasteiger charge is 2.14. The van der Waals surface area contributed by atoms with E-state index in [9.17, 15) is 0 Å². The standard InChI is InChI=1S/C34H35N/c1-7-10-15-29(24(4)5)31-22-26(19-18-25(31)6)27-20-21-34-32(23-27)30-16-11-12-17-33(30)35(34)28(13-8-2)14-9-3/h8-23H,2,7H2,1,3-6H3/b14-9-,15-10-,28-13+. The first kappa shape index (κ1) is 24.3. The zero-order valence-electron chi connectivity index (χ0n) is 21.6. The van der Waals surface area contributed by atoms with Crippen LogP contribution >= 0.6 is 0 Å². The molecule has 0 aliphatic heterocycles. The van der Waals surface area contributed by atoms with Gasteiger partial charge >= 0.3 is 0 Å². The maximum absolute atomic E-state index is 3.93. The van der Waals surface area contributed by atoms with Crippen molar-refractivity contribution < 1.29 is 0 Å². The molecule has 4 aromatic rings. The summed E-state index contributed by atoms with van der Waals surface area (Å²) < 4.78 is 2.33. The van der Waals surface area contributed by atoms with Gasteiger partial charge in [-0.15, -0.1) is 0 Å². The third kappa shape index (κ3) is 4.72. The molecule has 0 saturated heterocycles. The van der Waals surface area contributed by atoms with Crippen molar-refractivity contribution in [1.82, 2.24) is 4.57 Å². The second-order valence-electron chi connectivity index (χ2n) is 9.17. The number of para-hydroxylation sites is 1. The van der Waals surface area contributed by atoms with Gasteiger partial charge in [-0.25, -0.2) is 0 Å². The topological polar surface area (TPSA) is 4.93 Å². The summed E-state index contributed by atoms with van der Waals surface area (Å²) in [5.41, 5.74) is 11.2. The molecule has 35 heavy (non-hydrogen) atoms. The van der Waals surface area contributed by atoms with Crippen molar-refractivity contribution in [1.29, 1.82) is 0 Å². The first-order chi connectivity index (χ1) is 17.0. The molecule has 0 aliphatic rings. The van der Waals surface area contributed by atoms with E-state index in [-0.39, 0.29) is 0 Å². The fourth-order valence-corrected chi connectivity index (χ4v) is 4.78. The highest BCUT2D eigenvalue weighted by Crippen LogP contribution is 2.36. The van der Waals surface area contributed by atoms with Crippen molar-refractivity contribution in [3.05, 3.63) is 120 Å². The van der Waals surface area contributed by atoms with Crippen LogP contribution in [0.1, 0.15) is 45.2 Å². The molecule has 0 atom stereocenters. The summed E-state index contributed by atoms with van der Waals surface area (Å²) in [6.07, 6.45) is 13.7.